The molecule has 0 radical (unpaired) electrons. The summed E-state index contributed by atoms with van der Waals surface area (Å²) in [5, 5.41) is 2.49. The highest BCUT2D eigenvalue weighted by molar-refractivity contribution is 8.00. The summed E-state index contributed by atoms with van der Waals surface area (Å²) in [6, 6.07) is 13.3. The van der Waals surface area contributed by atoms with Gasteiger partial charge in [-0.1, -0.05) is 30.3 Å². The van der Waals surface area contributed by atoms with Crippen LogP contribution in [-0.2, 0) is 4.79 Å². The van der Waals surface area contributed by atoms with Gasteiger partial charge in [0.25, 0.3) is 0 Å². The standard InChI is InChI=1S/C17H15F2NOS/c18-14-9-8-13(10-15(14)19)22-16(11-4-2-1-3-5-11)17(21)20-12-6-7-12/h1-5,8-10,12,16H,6-7H2,(H,20,21)/t16-/m0/s1. The van der Waals surface area contributed by atoms with Crippen LogP contribution in [0.3, 0.4) is 0 Å². The predicted octanol–water partition coefficient (Wildman–Crippen LogP) is 4.08. The smallest absolute Gasteiger partial charge is 0.238 e. The van der Waals surface area contributed by atoms with Crippen LogP contribution in [0.4, 0.5) is 8.78 Å². The number of hydrogen-bond acceptors (Lipinski definition) is 2. The predicted molar refractivity (Wildman–Crippen MR) is 82.6 cm³/mol. The molecule has 0 aromatic heterocycles. The van der Waals surface area contributed by atoms with Crippen LogP contribution < -0.4 is 5.32 Å². The van der Waals surface area contributed by atoms with Crippen molar-refractivity contribution in [2.45, 2.75) is 29.0 Å². The summed E-state index contributed by atoms with van der Waals surface area (Å²) < 4.78 is 26.4. The van der Waals surface area contributed by atoms with Crippen LogP contribution in [-0.4, -0.2) is 11.9 Å². The van der Waals surface area contributed by atoms with E-state index in [1.807, 2.05) is 30.3 Å². The lowest BCUT2D eigenvalue weighted by atomic mass is 10.1. The molecular weight excluding hydrogens is 304 g/mol. The van der Waals surface area contributed by atoms with Gasteiger partial charge in [-0.25, -0.2) is 8.78 Å². The van der Waals surface area contributed by atoms with Gasteiger partial charge in [-0.3, -0.25) is 4.79 Å². The van der Waals surface area contributed by atoms with Gasteiger partial charge >= 0.3 is 0 Å². The number of thioether (sulfide) groups is 1. The average molecular weight is 319 g/mol. The minimum Gasteiger partial charge on any atom is -0.352 e. The summed E-state index contributed by atoms with van der Waals surface area (Å²) in [7, 11) is 0. The maximum absolute atomic E-state index is 13.4. The Morgan fingerprint density at radius 2 is 1.82 bits per heavy atom. The summed E-state index contributed by atoms with van der Waals surface area (Å²) in [6.45, 7) is 0. The van der Waals surface area contributed by atoms with Crippen LogP contribution in [0.25, 0.3) is 0 Å². The SMILES string of the molecule is O=C(NC1CC1)[C@@H](Sc1ccc(F)c(F)c1)c1ccccc1. The number of halogens is 2. The molecule has 0 saturated heterocycles. The molecule has 22 heavy (non-hydrogen) atoms. The van der Waals surface area contributed by atoms with Crippen LogP contribution in [0.1, 0.15) is 23.7 Å². The Morgan fingerprint density at radius 1 is 1.09 bits per heavy atom. The molecular formula is C17H15F2NOS. The van der Waals surface area contributed by atoms with Crippen molar-refractivity contribution in [3.63, 3.8) is 0 Å². The third-order valence-electron chi connectivity index (χ3n) is 3.41. The summed E-state index contributed by atoms with van der Waals surface area (Å²) in [5.74, 6) is -1.88. The maximum atomic E-state index is 13.4. The van der Waals surface area contributed by atoms with E-state index in [-0.39, 0.29) is 11.9 Å². The molecule has 5 heteroatoms. The van der Waals surface area contributed by atoms with Crippen molar-refractivity contribution < 1.29 is 13.6 Å². The number of hydrogen-bond donors (Lipinski definition) is 1. The first kappa shape index (κ1) is 15.0. The van der Waals surface area contributed by atoms with Gasteiger partial charge in [-0.15, -0.1) is 11.8 Å². The highest BCUT2D eigenvalue weighted by Gasteiger charge is 2.29. The van der Waals surface area contributed by atoms with E-state index in [0.717, 1.165) is 30.5 Å². The zero-order valence-corrected chi connectivity index (χ0v) is 12.6. The van der Waals surface area contributed by atoms with Crippen molar-refractivity contribution in [3.05, 3.63) is 65.7 Å². The molecule has 1 atom stereocenters. The van der Waals surface area contributed by atoms with Crippen LogP contribution in [0, 0.1) is 11.6 Å². The molecule has 3 rings (SSSR count). The largest absolute Gasteiger partial charge is 0.352 e. The number of rotatable bonds is 5. The molecule has 114 valence electrons. The Balaban J connectivity index is 1.83. The zero-order valence-electron chi connectivity index (χ0n) is 11.8. The monoisotopic (exact) mass is 319 g/mol. The molecule has 0 heterocycles. The molecule has 1 saturated carbocycles. The Morgan fingerprint density at radius 3 is 2.45 bits per heavy atom. The number of benzene rings is 2. The van der Waals surface area contributed by atoms with E-state index in [0.29, 0.717) is 4.90 Å². The van der Waals surface area contributed by atoms with Crippen molar-refractivity contribution in [2.75, 3.05) is 0 Å². The Labute approximate surface area is 131 Å². The second kappa shape index (κ2) is 6.48. The molecule has 0 bridgehead atoms. The first-order chi connectivity index (χ1) is 10.6. The molecule has 0 unspecified atom stereocenters. The Kier molecular flexibility index (Phi) is 4.43. The summed E-state index contributed by atoms with van der Waals surface area (Å²) in [5.41, 5.74) is 0.843. The van der Waals surface area contributed by atoms with E-state index in [1.54, 1.807) is 0 Å². The minimum absolute atomic E-state index is 0.0940. The molecule has 1 fully saturated rings. The highest BCUT2D eigenvalue weighted by Crippen LogP contribution is 2.36. The fourth-order valence-electron chi connectivity index (χ4n) is 2.09. The third kappa shape index (κ3) is 3.65. The van der Waals surface area contributed by atoms with E-state index in [2.05, 4.69) is 5.32 Å². The lowest BCUT2D eigenvalue weighted by Crippen LogP contribution is -2.29. The van der Waals surface area contributed by atoms with Gasteiger partial charge in [0.05, 0.1) is 0 Å². The maximum Gasteiger partial charge on any atom is 0.238 e. The molecule has 2 nitrogen and oxygen atoms in total. The summed E-state index contributed by atoms with van der Waals surface area (Å²) in [6.07, 6.45) is 2.01. The van der Waals surface area contributed by atoms with Crippen LogP contribution in [0.15, 0.2) is 53.4 Å². The minimum atomic E-state index is -0.903. The highest BCUT2D eigenvalue weighted by atomic mass is 32.2. The van der Waals surface area contributed by atoms with Crippen LogP contribution in [0.2, 0.25) is 0 Å². The molecule has 1 aliphatic carbocycles. The van der Waals surface area contributed by atoms with Gasteiger partial charge in [0, 0.05) is 10.9 Å². The van der Waals surface area contributed by atoms with E-state index in [9.17, 15) is 13.6 Å². The molecule has 1 N–H and O–H groups in total. The van der Waals surface area contributed by atoms with Gasteiger partial charge in [0.2, 0.25) is 5.91 Å². The molecule has 2 aromatic rings. The second-order valence-corrected chi connectivity index (χ2v) is 6.45. The quantitative estimate of drug-likeness (QED) is 0.842. The fraction of sp³-hybridized carbons (Fsp3) is 0.235. The Hall–Kier alpha value is -1.88. The van der Waals surface area contributed by atoms with Crippen molar-refractivity contribution >= 4 is 17.7 Å². The third-order valence-corrected chi connectivity index (χ3v) is 4.66. The first-order valence-electron chi connectivity index (χ1n) is 7.10. The van der Waals surface area contributed by atoms with E-state index in [1.165, 1.54) is 17.8 Å². The fourth-order valence-corrected chi connectivity index (χ4v) is 3.15. The van der Waals surface area contributed by atoms with E-state index >= 15 is 0 Å². The number of carbonyl (C=O) groups is 1. The summed E-state index contributed by atoms with van der Waals surface area (Å²) >= 11 is 1.22. The lowest BCUT2D eigenvalue weighted by molar-refractivity contribution is -0.120. The number of carbonyl (C=O) groups excluding carboxylic acids is 1. The van der Waals surface area contributed by atoms with Gasteiger partial charge in [-0.2, -0.15) is 0 Å². The number of amides is 1. The van der Waals surface area contributed by atoms with Crippen molar-refractivity contribution in [1.29, 1.82) is 0 Å². The lowest BCUT2D eigenvalue weighted by Gasteiger charge is -2.17. The van der Waals surface area contributed by atoms with Crippen LogP contribution in [0.5, 0.6) is 0 Å². The van der Waals surface area contributed by atoms with Gasteiger partial charge in [0.15, 0.2) is 11.6 Å². The number of nitrogens with one attached hydrogen (secondary N) is 1. The first-order valence-corrected chi connectivity index (χ1v) is 7.98. The van der Waals surface area contributed by atoms with Crippen LogP contribution >= 0.6 is 11.8 Å². The van der Waals surface area contributed by atoms with Crippen molar-refractivity contribution in [3.8, 4) is 0 Å². The normalized spacial score (nSPS) is 15.4. The zero-order chi connectivity index (χ0) is 15.5. The van der Waals surface area contributed by atoms with Crippen molar-refractivity contribution in [1.82, 2.24) is 5.32 Å². The second-order valence-electron chi connectivity index (χ2n) is 5.27. The molecule has 1 amide bonds. The Bertz CT molecular complexity index is 674. The van der Waals surface area contributed by atoms with E-state index < -0.39 is 16.9 Å². The average Bonchev–Trinajstić information content (AvgIpc) is 3.33. The topological polar surface area (TPSA) is 29.1 Å². The van der Waals surface area contributed by atoms with Gasteiger partial charge in [-0.05, 0) is 36.6 Å². The summed E-state index contributed by atoms with van der Waals surface area (Å²) in [4.78, 5) is 13.0. The molecule has 2 aromatic carbocycles. The molecule has 1 aliphatic rings. The van der Waals surface area contributed by atoms with Gasteiger partial charge in [0.1, 0.15) is 5.25 Å². The van der Waals surface area contributed by atoms with E-state index in [4.69, 9.17) is 0 Å². The molecule has 0 spiro atoms. The van der Waals surface area contributed by atoms with Crippen molar-refractivity contribution in [2.24, 2.45) is 0 Å². The van der Waals surface area contributed by atoms with Gasteiger partial charge < -0.3 is 5.32 Å². The molecule has 0 aliphatic heterocycles.